The van der Waals surface area contributed by atoms with Crippen molar-refractivity contribution in [3.05, 3.63) is 59.5 Å². The quantitative estimate of drug-likeness (QED) is 0.854. The molecule has 0 bridgehead atoms. The summed E-state index contributed by atoms with van der Waals surface area (Å²) < 4.78 is 5.23. The van der Waals surface area contributed by atoms with E-state index in [-0.39, 0.29) is 5.91 Å². The summed E-state index contributed by atoms with van der Waals surface area (Å²) in [5.41, 5.74) is 2.91. The van der Waals surface area contributed by atoms with Crippen molar-refractivity contribution in [2.24, 2.45) is 0 Å². The molecule has 1 atom stereocenters. The van der Waals surface area contributed by atoms with Crippen molar-refractivity contribution >= 4 is 5.91 Å². The lowest BCUT2D eigenvalue weighted by molar-refractivity contribution is 0.0742. The van der Waals surface area contributed by atoms with E-state index in [4.69, 9.17) is 4.42 Å². The lowest BCUT2D eigenvalue weighted by Crippen LogP contribution is -2.41. The number of rotatable bonds is 2. The van der Waals surface area contributed by atoms with Crippen LogP contribution in [-0.4, -0.2) is 41.4 Å². The van der Waals surface area contributed by atoms with Crippen LogP contribution in [0.3, 0.4) is 0 Å². The van der Waals surface area contributed by atoms with Crippen LogP contribution in [0.25, 0.3) is 0 Å². The van der Waals surface area contributed by atoms with Crippen LogP contribution in [-0.2, 0) is 13.0 Å². The fourth-order valence-electron chi connectivity index (χ4n) is 3.61. The maximum atomic E-state index is 12.3. The number of hydrogen-bond acceptors (Lipinski definition) is 3. The first-order valence-corrected chi connectivity index (χ1v) is 7.95. The Morgan fingerprint density at radius 1 is 1.09 bits per heavy atom. The molecule has 0 radical (unpaired) electrons. The molecule has 1 aromatic heterocycles. The first-order valence-electron chi connectivity index (χ1n) is 7.95. The summed E-state index contributed by atoms with van der Waals surface area (Å²) in [6.07, 6.45) is 3.72. The summed E-state index contributed by atoms with van der Waals surface area (Å²) in [6.45, 7) is 3.72. The zero-order valence-corrected chi connectivity index (χ0v) is 12.6. The third kappa shape index (κ3) is 2.44. The number of fused-ring (bicyclic) bond motifs is 1. The summed E-state index contributed by atoms with van der Waals surface area (Å²) in [7, 11) is 0. The van der Waals surface area contributed by atoms with Crippen molar-refractivity contribution in [1.82, 2.24) is 9.80 Å². The molecule has 4 nitrogen and oxygen atoms in total. The average molecular weight is 296 g/mol. The maximum Gasteiger partial charge on any atom is 0.289 e. The van der Waals surface area contributed by atoms with Crippen LogP contribution < -0.4 is 0 Å². The molecule has 0 saturated carbocycles. The average Bonchev–Trinajstić information content (AvgIpc) is 3.25. The minimum Gasteiger partial charge on any atom is -0.459 e. The molecule has 1 saturated heterocycles. The first kappa shape index (κ1) is 13.6. The highest BCUT2D eigenvalue weighted by atomic mass is 16.3. The van der Waals surface area contributed by atoms with Crippen LogP contribution in [0.4, 0.5) is 0 Å². The number of likely N-dealkylation sites (tertiary alicyclic amines) is 1. The first-order chi connectivity index (χ1) is 10.8. The molecule has 1 fully saturated rings. The highest BCUT2D eigenvalue weighted by Crippen LogP contribution is 2.25. The van der Waals surface area contributed by atoms with Crippen molar-refractivity contribution in [3.8, 4) is 0 Å². The smallest absolute Gasteiger partial charge is 0.289 e. The Bertz CT molecular complexity index is 665. The highest BCUT2D eigenvalue weighted by molar-refractivity contribution is 5.91. The third-order valence-corrected chi connectivity index (χ3v) is 4.86. The molecular formula is C18H20N2O2. The molecule has 0 N–H and O–H groups in total. The van der Waals surface area contributed by atoms with Gasteiger partial charge in [-0.3, -0.25) is 9.69 Å². The van der Waals surface area contributed by atoms with Crippen LogP contribution in [0.1, 0.15) is 28.1 Å². The van der Waals surface area contributed by atoms with Gasteiger partial charge in [0.05, 0.1) is 6.26 Å². The van der Waals surface area contributed by atoms with Crippen LogP contribution in [0, 0.1) is 0 Å². The minimum atomic E-state index is 0.0184. The summed E-state index contributed by atoms with van der Waals surface area (Å²) in [4.78, 5) is 16.8. The zero-order valence-electron chi connectivity index (χ0n) is 12.6. The van der Waals surface area contributed by atoms with E-state index >= 15 is 0 Å². The van der Waals surface area contributed by atoms with E-state index in [0.29, 0.717) is 11.8 Å². The largest absolute Gasteiger partial charge is 0.459 e. The van der Waals surface area contributed by atoms with Crippen LogP contribution >= 0.6 is 0 Å². The SMILES string of the molecule is O=C(c1ccco1)N1CC[C@@H](N2CCc3ccccc3C2)C1. The number of carbonyl (C=O) groups is 1. The standard InChI is InChI=1S/C18H20N2O2/c21-18(17-6-3-11-22-17)20-10-8-16(13-20)19-9-7-14-4-1-2-5-15(14)12-19/h1-6,11,16H,7-10,12-13H2/t16-/m1/s1. The van der Waals surface area contributed by atoms with E-state index in [1.54, 1.807) is 18.4 Å². The zero-order chi connectivity index (χ0) is 14.9. The topological polar surface area (TPSA) is 36.7 Å². The molecule has 1 aromatic carbocycles. The Morgan fingerprint density at radius 2 is 1.95 bits per heavy atom. The maximum absolute atomic E-state index is 12.3. The summed E-state index contributed by atoms with van der Waals surface area (Å²) in [5.74, 6) is 0.467. The Labute approximate surface area is 130 Å². The number of furan rings is 1. The lowest BCUT2D eigenvalue weighted by Gasteiger charge is -2.33. The number of amides is 1. The normalized spacial score (nSPS) is 21.8. The number of nitrogens with zero attached hydrogens (tertiary/aromatic N) is 2. The van der Waals surface area contributed by atoms with E-state index in [2.05, 4.69) is 29.2 Å². The summed E-state index contributed by atoms with van der Waals surface area (Å²) in [5, 5.41) is 0. The van der Waals surface area contributed by atoms with Gasteiger partial charge in [0.15, 0.2) is 5.76 Å². The molecule has 0 aliphatic carbocycles. The van der Waals surface area contributed by atoms with Crippen molar-refractivity contribution in [1.29, 1.82) is 0 Å². The van der Waals surface area contributed by atoms with Gasteiger partial charge in [-0.25, -0.2) is 0 Å². The van der Waals surface area contributed by atoms with Crippen LogP contribution in [0.15, 0.2) is 47.1 Å². The van der Waals surface area contributed by atoms with Gasteiger partial charge in [0, 0.05) is 32.2 Å². The third-order valence-electron chi connectivity index (χ3n) is 4.86. The van der Waals surface area contributed by atoms with Crippen molar-refractivity contribution in [2.45, 2.75) is 25.4 Å². The summed E-state index contributed by atoms with van der Waals surface area (Å²) >= 11 is 0. The predicted octanol–water partition coefficient (Wildman–Crippen LogP) is 2.55. The minimum absolute atomic E-state index is 0.0184. The van der Waals surface area contributed by atoms with Crippen LogP contribution in [0.5, 0.6) is 0 Å². The van der Waals surface area contributed by atoms with Gasteiger partial charge < -0.3 is 9.32 Å². The van der Waals surface area contributed by atoms with Gasteiger partial charge in [-0.2, -0.15) is 0 Å². The molecular weight excluding hydrogens is 276 g/mol. The fourth-order valence-corrected chi connectivity index (χ4v) is 3.61. The van der Waals surface area contributed by atoms with Crippen LogP contribution in [0.2, 0.25) is 0 Å². The van der Waals surface area contributed by atoms with E-state index in [1.807, 2.05) is 4.90 Å². The van der Waals surface area contributed by atoms with Crippen molar-refractivity contribution < 1.29 is 9.21 Å². The Morgan fingerprint density at radius 3 is 2.77 bits per heavy atom. The van der Waals surface area contributed by atoms with Crippen molar-refractivity contribution in [2.75, 3.05) is 19.6 Å². The monoisotopic (exact) mass is 296 g/mol. The predicted molar refractivity (Wildman–Crippen MR) is 83.6 cm³/mol. The molecule has 0 spiro atoms. The molecule has 2 aliphatic heterocycles. The Balaban J connectivity index is 1.42. The molecule has 1 amide bonds. The van der Waals surface area contributed by atoms with E-state index in [0.717, 1.165) is 39.0 Å². The molecule has 0 unspecified atom stereocenters. The molecule has 4 heteroatoms. The molecule has 22 heavy (non-hydrogen) atoms. The fraction of sp³-hybridized carbons (Fsp3) is 0.389. The van der Waals surface area contributed by atoms with Gasteiger partial charge in [0.2, 0.25) is 0 Å². The Hall–Kier alpha value is -2.07. The van der Waals surface area contributed by atoms with E-state index in [9.17, 15) is 4.79 Å². The Kier molecular flexibility index (Phi) is 3.47. The lowest BCUT2D eigenvalue weighted by atomic mass is 9.98. The summed E-state index contributed by atoms with van der Waals surface area (Å²) in [6, 6.07) is 12.7. The van der Waals surface area contributed by atoms with E-state index in [1.165, 1.54) is 11.1 Å². The van der Waals surface area contributed by atoms with Gasteiger partial charge in [-0.15, -0.1) is 0 Å². The highest BCUT2D eigenvalue weighted by Gasteiger charge is 2.32. The van der Waals surface area contributed by atoms with Crippen molar-refractivity contribution in [3.63, 3.8) is 0 Å². The van der Waals surface area contributed by atoms with Gasteiger partial charge in [-0.1, -0.05) is 24.3 Å². The molecule has 4 rings (SSSR count). The second-order valence-electron chi connectivity index (χ2n) is 6.16. The molecule has 2 aromatic rings. The second kappa shape index (κ2) is 5.61. The molecule has 2 aliphatic rings. The van der Waals surface area contributed by atoms with E-state index < -0.39 is 0 Å². The molecule has 3 heterocycles. The number of benzene rings is 1. The van der Waals surface area contributed by atoms with Gasteiger partial charge >= 0.3 is 0 Å². The second-order valence-corrected chi connectivity index (χ2v) is 6.16. The van der Waals surface area contributed by atoms with Gasteiger partial charge in [-0.05, 0) is 36.1 Å². The van der Waals surface area contributed by atoms with Gasteiger partial charge in [0.25, 0.3) is 5.91 Å². The molecule has 114 valence electrons. The van der Waals surface area contributed by atoms with Gasteiger partial charge in [0.1, 0.15) is 0 Å². The number of hydrogen-bond donors (Lipinski definition) is 0. The number of carbonyl (C=O) groups excluding carboxylic acids is 1.